The highest BCUT2D eigenvalue weighted by atomic mass is 16.6. The molecule has 6 heteroatoms. The summed E-state index contributed by atoms with van der Waals surface area (Å²) >= 11 is 0. The number of hydroxylamine groups is 1. The Morgan fingerprint density at radius 3 is 2.23 bits per heavy atom. The molecule has 1 N–H and O–H groups in total. The second kappa shape index (κ2) is 6.38. The number of nitrogens with one attached hydrogen (secondary N) is 1. The first kappa shape index (κ1) is 11.9. The van der Waals surface area contributed by atoms with Gasteiger partial charge in [0.15, 0.2) is 0 Å². The fraction of sp³-hybridized carbons (Fsp3) is 0.714. The van der Waals surface area contributed by atoms with E-state index in [2.05, 4.69) is 19.8 Å². The van der Waals surface area contributed by atoms with Gasteiger partial charge in [0.25, 0.3) is 0 Å². The molecule has 6 nitrogen and oxygen atoms in total. The first-order valence-corrected chi connectivity index (χ1v) is 3.58. The van der Waals surface area contributed by atoms with Gasteiger partial charge in [-0.3, -0.25) is 9.59 Å². The highest BCUT2D eigenvalue weighted by molar-refractivity contribution is 5.82. The number of methoxy groups -OCH3 is 2. The van der Waals surface area contributed by atoms with Gasteiger partial charge in [0.05, 0.1) is 27.8 Å². The molecule has 0 heterocycles. The van der Waals surface area contributed by atoms with Crippen LogP contribution in [0.15, 0.2) is 0 Å². The Morgan fingerprint density at radius 2 is 1.85 bits per heavy atom. The third-order valence-electron chi connectivity index (χ3n) is 1.34. The van der Waals surface area contributed by atoms with E-state index < -0.39 is 18.0 Å². The molecule has 76 valence electrons. The fourth-order valence-electron chi connectivity index (χ4n) is 0.708. The normalized spacial score (nSPS) is 11.9. The predicted octanol–water partition coefficient (Wildman–Crippen LogP) is -0.758. The summed E-state index contributed by atoms with van der Waals surface area (Å²) in [6, 6.07) is -0.831. The Labute approximate surface area is 76.1 Å². The molecule has 1 atom stereocenters. The number of carbonyl (C=O) groups is 2. The molecule has 0 rings (SSSR count). The second-order valence-corrected chi connectivity index (χ2v) is 2.18. The SMILES string of the molecule is CON[C@@H](CC(=O)OC)C(=O)OC. The van der Waals surface area contributed by atoms with Crippen molar-refractivity contribution in [3.8, 4) is 0 Å². The lowest BCUT2D eigenvalue weighted by atomic mass is 10.2. The first-order chi connectivity index (χ1) is 6.15. The number of esters is 2. The molecular weight excluding hydrogens is 178 g/mol. The minimum absolute atomic E-state index is 0.128. The van der Waals surface area contributed by atoms with Crippen molar-refractivity contribution in [1.82, 2.24) is 5.48 Å². The van der Waals surface area contributed by atoms with Gasteiger partial charge >= 0.3 is 11.9 Å². The summed E-state index contributed by atoms with van der Waals surface area (Å²) < 4.78 is 8.80. The van der Waals surface area contributed by atoms with Gasteiger partial charge in [-0.1, -0.05) is 0 Å². The van der Waals surface area contributed by atoms with Crippen LogP contribution in [0.4, 0.5) is 0 Å². The van der Waals surface area contributed by atoms with Crippen molar-refractivity contribution >= 4 is 11.9 Å². The van der Waals surface area contributed by atoms with Gasteiger partial charge < -0.3 is 14.3 Å². The van der Waals surface area contributed by atoms with E-state index in [1.54, 1.807) is 0 Å². The minimum Gasteiger partial charge on any atom is -0.469 e. The van der Waals surface area contributed by atoms with Gasteiger partial charge in [0.1, 0.15) is 6.04 Å². The highest BCUT2D eigenvalue weighted by Gasteiger charge is 2.22. The standard InChI is InChI=1S/C7H13NO5/c1-11-6(9)4-5(8-13-3)7(10)12-2/h5,8H,4H2,1-3H3/t5-/m0/s1. The third-order valence-corrected chi connectivity index (χ3v) is 1.34. The topological polar surface area (TPSA) is 73.9 Å². The monoisotopic (exact) mass is 191 g/mol. The lowest BCUT2D eigenvalue weighted by Gasteiger charge is -2.12. The molecule has 0 aromatic carbocycles. The molecule has 13 heavy (non-hydrogen) atoms. The van der Waals surface area contributed by atoms with E-state index >= 15 is 0 Å². The van der Waals surface area contributed by atoms with Crippen LogP contribution in [-0.2, 0) is 23.9 Å². The second-order valence-electron chi connectivity index (χ2n) is 2.18. The van der Waals surface area contributed by atoms with E-state index in [1.165, 1.54) is 21.3 Å². The summed E-state index contributed by atoms with van der Waals surface area (Å²) in [5.41, 5.74) is 2.32. The van der Waals surface area contributed by atoms with Crippen molar-refractivity contribution in [3.63, 3.8) is 0 Å². The number of hydrogen-bond acceptors (Lipinski definition) is 6. The van der Waals surface area contributed by atoms with Crippen molar-refractivity contribution in [2.24, 2.45) is 0 Å². The lowest BCUT2D eigenvalue weighted by Crippen LogP contribution is -2.38. The average Bonchev–Trinajstić information content (AvgIpc) is 2.15. The minimum atomic E-state index is -0.831. The zero-order valence-electron chi connectivity index (χ0n) is 7.83. The number of carbonyl (C=O) groups excluding carboxylic acids is 2. The molecule has 0 saturated heterocycles. The Bertz CT molecular complexity index is 182. The molecule has 0 spiro atoms. The fourth-order valence-corrected chi connectivity index (χ4v) is 0.708. The van der Waals surface area contributed by atoms with Gasteiger partial charge in [-0.15, -0.1) is 0 Å². The molecule has 0 aliphatic carbocycles. The lowest BCUT2D eigenvalue weighted by molar-refractivity contribution is -0.153. The maximum absolute atomic E-state index is 11.0. The molecule has 0 aliphatic rings. The summed E-state index contributed by atoms with van der Waals surface area (Å²) in [6.45, 7) is 0. The molecule has 0 radical (unpaired) electrons. The Hall–Kier alpha value is -1.14. The predicted molar refractivity (Wildman–Crippen MR) is 42.6 cm³/mol. The summed E-state index contributed by atoms with van der Waals surface area (Å²) in [7, 11) is 3.81. The Balaban J connectivity index is 4.08. The van der Waals surface area contributed by atoms with E-state index in [4.69, 9.17) is 0 Å². The quantitative estimate of drug-likeness (QED) is 0.455. The van der Waals surface area contributed by atoms with Crippen molar-refractivity contribution < 1.29 is 23.9 Å². The van der Waals surface area contributed by atoms with Crippen molar-refractivity contribution in [3.05, 3.63) is 0 Å². The third kappa shape index (κ3) is 4.44. The summed E-state index contributed by atoms with van der Waals surface area (Å²) in [6.07, 6.45) is -0.128. The molecule has 0 bridgehead atoms. The van der Waals surface area contributed by atoms with Crippen LogP contribution < -0.4 is 5.48 Å². The molecule has 0 amide bonds. The summed E-state index contributed by atoms with van der Waals surface area (Å²) in [4.78, 5) is 26.3. The summed E-state index contributed by atoms with van der Waals surface area (Å²) in [5.74, 6) is -1.09. The van der Waals surface area contributed by atoms with Crippen LogP contribution in [0.1, 0.15) is 6.42 Å². The zero-order valence-corrected chi connectivity index (χ0v) is 7.83. The Kier molecular flexibility index (Phi) is 5.82. The number of rotatable bonds is 5. The van der Waals surface area contributed by atoms with Crippen LogP contribution in [0.2, 0.25) is 0 Å². The molecule has 0 aliphatic heterocycles. The van der Waals surface area contributed by atoms with Gasteiger partial charge in [-0.05, 0) is 0 Å². The summed E-state index contributed by atoms with van der Waals surface area (Å²) in [5, 5.41) is 0. The molecule has 0 aromatic rings. The Morgan fingerprint density at radius 1 is 1.23 bits per heavy atom. The van der Waals surface area contributed by atoms with Gasteiger partial charge in [-0.2, -0.15) is 5.48 Å². The van der Waals surface area contributed by atoms with Crippen molar-refractivity contribution in [1.29, 1.82) is 0 Å². The van der Waals surface area contributed by atoms with Crippen molar-refractivity contribution in [2.45, 2.75) is 12.5 Å². The van der Waals surface area contributed by atoms with E-state index in [0.29, 0.717) is 0 Å². The molecule has 0 fully saturated rings. The van der Waals surface area contributed by atoms with Crippen LogP contribution >= 0.6 is 0 Å². The number of hydrogen-bond donors (Lipinski definition) is 1. The van der Waals surface area contributed by atoms with E-state index in [-0.39, 0.29) is 6.42 Å². The molecule has 0 saturated carbocycles. The first-order valence-electron chi connectivity index (χ1n) is 3.58. The van der Waals surface area contributed by atoms with E-state index in [0.717, 1.165) is 0 Å². The van der Waals surface area contributed by atoms with Gasteiger partial charge in [0.2, 0.25) is 0 Å². The van der Waals surface area contributed by atoms with Crippen LogP contribution in [0.3, 0.4) is 0 Å². The maximum atomic E-state index is 11.0. The van der Waals surface area contributed by atoms with Crippen LogP contribution in [-0.4, -0.2) is 39.3 Å². The maximum Gasteiger partial charge on any atom is 0.325 e. The number of ether oxygens (including phenoxy) is 2. The highest BCUT2D eigenvalue weighted by Crippen LogP contribution is 1.96. The largest absolute Gasteiger partial charge is 0.469 e. The molecule has 0 unspecified atom stereocenters. The van der Waals surface area contributed by atoms with Crippen LogP contribution in [0.25, 0.3) is 0 Å². The van der Waals surface area contributed by atoms with E-state index in [1.807, 2.05) is 0 Å². The van der Waals surface area contributed by atoms with Gasteiger partial charge in [-0.25, -0.2) is 0 Å². The average molecular weight is 191 g/mol. The van der Waals surface area contributed by atoms with E-state index in [9.17, 15) is 9.59 Å². The molecule has 0 aromatic heterocycles. The smallest absolute Gasteiger partial charge is 0.325 e. The van der Waals surface area contributed by atoms with Crippen LogP contribution in [0, 0.1) is 0 Å². The van der Waals surface area contributed by atoms with Gasteiger partial charge in [0, 0.05) is 0 Å². The van der Waals surface area contributed by atoms with Crippen molar-refractivity contribution in [2.75, 3.05) is 21.3 Å². The zero-order chi connectivity index (χ0) is 10.3. The molecular formula is C7H13NO5. The van der Waals surface area contributed by atoms with Crippen LogP contribution in [0.5, 0.6) is 0 Å².